The van der Waals surface area contributed by atoms with E-state index in [0.717, 1.165) is 30.5 Å². The predicted molar refractivity (Wildman–Crippen MR) is 76.4 cm³/mol. The van der Waals surface area contributed by atoms with Gasteiger partial charge in [-0.15, -0.1) is 11.3 Å². The van der Waals surface area contributed by atoms with Crippen LogP contribution in [0.3, 0.4) is 0 Å². The topological polar surface area (TPSA) is 37.4 Å². The molecule has 0 bridgehead atoms. The number of rotatable bonds is 4. The SMILES string of the molecule is CCNC(C)c1csc(N2CC(C)OCC2C)n1. The van der Waals surface area contributed by atoms with Crippen LogP contribution in [-0.4, -0.2) is 36.8 Å². The second-order valence-electron chi connectivity index (χ2n) is 4.98. The maximum atomic E-state index is 5.66. The fourth-order valence-corrected chi connectivity index (χ4v) is 3.22. The molecule has 1 aromatic rings. The van der Waals surface area contributed by atoms with Crippen LogP contribution in [0, 0.1) is 0 Å². The molecule has 2 rings (SSSR count). The molecule has 1 aromatic heterocycles. The summed E-state index contributed by atoms with van der Waals surface area (Å²) in [6.07, 6.45) is 0.291. The first-order valence-electron chi connectivity index (χ1n) is 6.68. The lowest BCUT2D eigenvalue weighted by molar-refractivity contribution is 0.0343. The number of nitrogens with zero attached hydrogens (tertiary/aromatic N) is 2. The number of nitrogens with one attached hydrogen (secondary N) is 1. The molecular formula is C13H23N3OS. The molecule has 2 heterocycles. The second kappa shape index (κ2) is 5.99. The molecule has 5 heteroatoms. The number of ether oxygens (including phenoxy) is 1. The summed E-state index contributed by atoms with van der Waals surface area (Å²) in [7, 11) is 0. The molecule has 0 radical (unpaired) electrons. The van der Waals surface area contributed by atoms with Crippen molar-refractivity contribution in [2.45, 2.75) is 45.9 Å². The minimum absolute atomic E-state index is 0.291. The van der Waals surface area contributed by atoms with Crippen LogP contribution in [0.25, 0.3) is 0 Å². The van der Waals surface area contributed by atoms with Crippen LogP contribution < -0.4 is 10.2 Å². The van der Waals surface area contributed by atoms with Crippen LogP contribution in [-0.2, 0) is 4.74 Å². The van der Waals surface area contributed by atoms with E-state index in [0.29, 0.717) is 18.2 Å². The Morgan fingerprint density at radius 2 is 2.39 bits per heavy atom. The monoisotopic (exact) mass is 269 g/mol. The van der Waals surface area contributed by atoms with Crippen LogP contribution in [0.5, 0.6) is 0 Å². The fourth-order valence-electron chi connectivity index (χ4n) is 2.19. The van der Waals surface area contributed by atoms with E-state index in [-0.39, 0.29) is 0 Å². The van der Waals surface area contributed by atoms with Crippen LogP contribution >= 0.6 is 11.3 Å². The van der Waals surface area contributed by atoms with Gasteiger partial charge in [0.15, 0.2) is 5.13 Å². The van der Waals surface area contributed by atoms with Crippen LogP contribution in [0.15, 0.2) is 5.38 Å². The van der Waals surface area contributed by atoms with Gasteiger partial charge in [-0.25, -0.2) is 4.98 Å². The van der Waals surface area contributed by atoms with E-state index in [4.69, 9.17) is 9.72 Å². The van der Waals surface area contributed by atoms with Gasteiger partial charge in [0.2, 0.25) is 0 Å². The van der Waals surface area contributed by atoms with Gasteiger partial charge >= 0.3 is 0 Å². The molecule has 102 valence electrons. The second-order valence-corrected chi connectivity index (χ2v) is 5.82. The Morgan fingerprint density at radius 1 is 1.61 bits per heavy atom. The Bertz CT molecular complexity index is 382. The minimum Gasteiger partial charge on any atom is -0.375 e. The first kappa shape index (κ1) is 13.8. The molecule has 3 unspecified atom stereocenters. The Morgan fingerprint density at radius 3 is 3.11 bits per heavy atom. The summed E-state index contributed by atoms with van der Waals surface area (Å²) < 4.78 is 5.66. The van der Waals surface area contributed by atoms with E-state index in [2.05, 4.69) is 43.3 Å². The van der Waals surface area contributed by atoms with Crippen LogP contribution in [0.1, 0.15) is 39.4 Å². The zero-order valence-corrected chi connectivity index (χ0v) is 12.5. The van der Waals surface area contributed by atoms with Gasteiger partial charge in [0.1, 0.15) is 0 Å². The van der Waals surface area contributed by atoms with Crippen LogP contribution in [0.4, 0.5) is 5.13 Å². The molecular weight excluding hydrogens is 246 g/mol. The van der Waals surface area contributed by atoms with Crippen molar-refractivity contribution < 1.29 is 4.74 Å². The molecule has 3 atom stereocenters. The summed E-state index contributed by atoms with van der Waals surface area (Å²) in [6, 6.07) is 0.739. The lowest BCUT2D eigenvalue weighted by Gasteiger charge is -2.36. The summed E-state index contributed by atoms with van der Waals surface area (Å²) in [5.41, 5.74) is 1.14. The van der Waals surface area contributed by atoms with Crippen molar-refractivity contribution in [3.8, 4) is 0 Å². The Hall–Kier alpha value is -0.650. The van der Waals surface area contributed by atoms with Gasteiger partial charge in [-0.3, -0.25) is 0 Å². The first-order chi connectivity index (χ1) is 8.61. The van der Waals surface area contributed by atoms with Crippen molar-refractivity contribution in [1.29, 1.82) is 0 Å². The zero-order chi connectivity index (χ0) is 13.1. The number of anilines is 1. The van der Waals surface area contributed by atoms with Gasteiger partial charge < -0.3 is 15.0 Å². The summed E-state index contributed by atoms with van der Waals surface area (Å²) >= 11 is 1.74. The quantitative estimate of drug-likeness (QED) is 0.911. The van der Waals surface area contributed by atoms with Crippen LogP contribution in [0.2, 0.25) is 0 Å². The van der Waals surface area contributed by atoms with Crippen molar-refractivity contribution in [2.24, 2.45) is 0 Å². The molecule has 1 aliphatic rings. The molecule has 1 aliphatic heterocycles. The summed E-state index contributed by atoms with van der Waals surface area (Å²) in [5, 5.41) is 6.68. The minimum atomic E-state index is 0.291. The third-order valence-electron chi connectivity index (χ3n) is 3.32. The van der Waals surface area contributed by atoms with Crippen molar-refractivity contribution in [1.82, 2.24) is 10.3 Å². The third kappa shape index (κ3) is 3.02. The average molecular weight is 269 g/mol. The highest BCUT2D eigenvalue weighted by atomic mass is 32.1. The molecule has 1 N–H and O–H groups in total. The highest BCUT2D eigenvalue weighted by molar-refractivity contribution is 7.13. The lowest BCUT2D eigenvalue weighted by atomic mass is 10.2. The summed E-state index contributed by atoms with van der Waals surface area (Å²) in [6.45, 7) is 11.3. The molecule has 0 saturated carbocycles. The van der Waals surface area contributed by atoms with Gasteiger partial charge in [0, 0.05) is 18.0 Å². The number of hydrogen-bond acceptors (Lipinski definition) is 5. The van der Waals surface area contributed by atoms with E-state index < -0.39 is 0 Å². The van der Waals surface area contributed by atoms with Gasteiger partial charge in [-0.2, -0.15) is 0 Å². The molecule has 0 amide bonds. The van der Waals surface area contributed by atoms with E-state index in [1.807, 2.05) is 0 Å². The molecule has 0 aliphatic carbocycles. The number of thiazole rings is 1. The van der Waals surface area contributed by atoms with Gasteiger partial charge in [0.05, 0.1) is 24.4 Å². The predicted octanol–water partition coefficient (Wildman–Crippen LogP) is 2.43. The van der Waals surface area contributed by atoms with Crippen molar-refractivity contribution in [3.63, 3.8) is 0 Å². The van der Waals surface area contributed by atoms with Gasteiger partial charge in [-0.05, 0) is 27.3 Å². The number of aromatic nitrogens is 1. The van der Waals surface area contributed by atoms with E-state index in [9.17, 15) is 0 Å². The summed E-state index contributed by atoms with van der Waals surface area (Å²) in [4.78, 5) is 7.13. The maximum Gasteiger partial charge on any atom is 0.185 e. The Kier molecular flexibility index (Phi) is 4.59. The van der Waals surface area contributed by atoms with E-state index >= 15 is 0 Å². The molecule has 1 saturated heterocycles. The van der Waals surface area contributed by atoms with Crippen molar-refractivity contribution in [3.05, 3.63) is 11.1 Å². The summed E-state index contributed by atoms with van der Waals surface area (Å²) in [5.74, 6) is 0. The van der Waals surface area contributed by atoms with Crippen molar-refractivity contribution in [2.75, 3.05) is 24.6 Å². The molecule has 0 spiro atoms. The van der Waals surface area contributed by atoms with Gasteiger partial charge in [-0.1, -0.05) is 6.92 Å². The average Bonchev–Trinajstić information content (AvgIpc) is 2.82. The first-order valence-corrected chi connectivity index (χ1v) is 7.56. The lowest BCUT2D eigenvalue weighted by Crippen LogP contribution is -2.47. The van der Waals surface area contributed by atoms with Crippen molar-refractivity contribution >= 4 is 16.5 Å². The molecule has 1 fully saturated rings. The van der Waals surface area contributed by atoms with E-state index in [1.54, 1.807) is 11.3 Å². The van der Waals surface area contributed by atoms with Gasteiger partial charge in [0.25, 0.3) is 0 Å². The molecule has 4 nitrogen and oxygen atoms in total. The normalized spacial score (nSPS) is 26.3. The highest BCUT2D eigenvalue weighted by Gasteiger charge is 2.26. The Balaban J connectivity index is 2.08. The fraction of sp³-hybridized carbons (Fsp3) is 0.769. The highest BCUT2D eigenvalue weighted by Crippen LogP contribution is 2.27. The largest absolute Gasteiger partial charge is 0.375 e. The standard InChI is InChI=1S/C13H23N3OS/c1-5-14-11(4)12-8-18-13(15-12)16-6-10(3)17-7-9(16)2/h8-11,14H,5-7H2,1-4H3. The molecule has 0 aromatic carbocycles. The maximum absolute atomic E-state index is 5.66. The smallest absolute Gasteiger partial charge is 0.185 e. The van der Waals surface area contributed by atoms with E-state index in [1.165, 1.54) is 0 Å². The molecule has 18 heavy (non-hydrogen) atoms. The zero-order valence-electron chi connectivity index (χ0n) is 11.6. The Labute approximate surface area is 113 Å². The third-order valence-corrected chi connectivity index (χ3v) is 4.21. The number of hydrogen-bond donors (Lipinski definition) is 1. The number of morpholine rings is 1.